The summed E-state index contributed by atoms with van der Waals surface area (Å²) in [6.07, 6.45) is 2.30. The van der Waals surface area contributed by atoms with E-state index in [9.17, 15) is 13.2 Å². The molecule has 202 valence electrons. The summed E-state index contributed by atoms with van der Waals surface area (Å²) in [7, 11) is -3.58. The number of carbonyl (C=O) groups is 1. The highest BCUT2D eigenvalue weighted by atomic mass is 32.2. The zero-order valence-electron chi connectivity index (χ0n) is 22.3. The van der Waals surface area contributed by atoms with E-state index in [1.807, 2.05) is 43.3 Å². The Morgan fingerprint density at radius 2 is 1.68 bits per heavy atom. The molecule has 3 aromatic carbocycles. The van der Waals surface area contributed by atoms with Crippen molar-refractivity contribution in [3.05, 3.63) is 71.8 Å². The van der Waals surface area contributed by atoms with Gasteiger partial charge in [0.2, 0.25) is 22.7 Å². The van der Waals surface area contributed by atoms with Crippen molar-refractivity contribution in [2.24, 2.45) is 5.41 Å². The maximum Gasteiger partial charge on any atom is 0.240 e. The second-order valence-corrected chi connectivity index (χ2v) is 13.1. The number of benzene rings is 3. The monoisotopic (exact) mass is 536 g/mol. The standard InChI is InChI=1S/C30H34N2O5S.H2/c1-20-5-9-23(32-28(33)30(13-14-30)22-8-12-26-27(17-22)37-19-36-26)18-25(20)21-6-10-24(11-7-21)38(34,35)31-16-15-29(2,3)4;/h5-12,17-18,31H,13-16,19H2,1-4H3,(H,32,33);1H. The highest BCUT2D eigenvalue weighted by molar-refractivity contribution is 7.89. The molecule has 1 aliphatic carbocycles. The third kappa shape index (κ3) is 5.42. The van der Waals surface area contributed by atoms with Crippen molar-refractivity contribution in [2.45, 2.75) is 57.3 Å². The quantitative estimate of drug-likeness (QED) is 0.367. The molecule has 8 heteroatoms. The Kier molecular flexibility index (Phi) is 6.73. The Morgan fingerprint density at radius 3 is 2.37 bits per heavy atom. The molecule has 2 N–H and O–H groups in total. The normalized spacial score (nSPS) is 15.8. The van der Waals surface area contributed by atoms with E-state index >= 15 is 0 Å². The summed E-state index contributed by atoms with van der Waals surface area (Å²) in [6, 6.07) is 18.4. The van der Waals surface area contributed by atoms with Gasteiger partial charge < -0.3 is 14.8 Å². The fourth-order valence-electron chi connectivity index (χ4n) is 4.68. The maximum atomic E-state index is 13.4. The molecule has 0 saturated heterocycles. The van der Waals surface area contributed by atoms with Crippen molar-refractivity contribution in [3.8, 4) is 22.6 Å². The Hall–Kier alpha value is -3.36. The molecule has 1 amide bonds. The number of anilines is 1. The van der Waals surface area contributed by atoms with Gasteiger partial charge in [-0.1, -0.05) is 45.0 Å². The van der Waals surface area contributed by atoms with Crippen LogP contribution in [0.25, 0.3) is 11.1 Å². The number of rotatable bonds is 8. The van der Waals surface area contributed by atoms with Gasteiger partial charge in [0, 0.05) is 13.7 Å². The molecule has 0 radical (unpaired) electrons. The molecule has 38 heavy (non-hydrogen) atoms. The Labute approximate surface area is 226 Å². The topological polar surface area (TPSA) is 93.7 Å². The van der Waals surface area contributed by atoms with Gasteiger partial charge in [0.1, 0.15) is 0 Å². The first-order valence-corrected chi connectivity index (χ1v) is 14.4. The van der Waals surface area contributed by atoms with Crippen molar-refractivity contribution in [1.82, 2.24) is 4.72 Å². The number of aryl methyl sites for hydroxylation is 1. The van der Waals surface area contributed by atoms with Crippen LogP contribution in [-0.4, -0.2) is 27.7 Å². The molecule has 7 nitrogen and oxygen atoms in total. The van der Waals surface area contributed by atoms with Crippen LogP contribution in [0.5, 0.6) is 11.5 Å². The van der Waals surface area contributed by atoms with Gasteiger partial charge in [-0.25, -0.2) is 13.1 Å². The summed E-state index contributed by atoms with van der Waals surface area (Å²) in [5.41, 5.74) is 3.95. The van der Waals surface area contributed by atoms with Gasteiger partial charge in [0.25, 0.3) is 0 Å². The molecular weight excluding hydrogens is 500 g/mol. The number of amides is 1. The molecule has 0 aromatic heterocycles. The Morgan fingerprint density at radius 1 is 0.974 bits per heavy atom. The maximum absolute atomic E-state index is 13.4. The molecule has 0 bridgehead atoms. The molecule has 0 spiro atoms. The minimum Gasteiger partial charge on any atom is -0.454 e. The third-order valence-electron chi connectivity index (χ3n) is 7.25. The predicted octanol–water partition coefficient (Wildman–Crippen LogP) is 6.02. The van der Waals surface area contributed by atoms with Gasteiger partial charge in [-0.05, 0) is 90.3 Å². The van der Waals surface area contributed by atoms with Crippen LogP contribution in [0.1, 0.15) is 52.6 Å². The van der Waals surface area contributed by atoms with Gasteiger partial charge in [-0.3, -0.25) is 4.79 Å². The average molecular weight is 537 g/mol. The first-order chi connectivity index (χ1) is 18.0. The molecule has 0 atom stereocenters. The molecule has 1 heterocycles. The SMILES string of the molecule is Cc1ccc(NC(=O)C2(c3ccc4c(c3)OCO4)CC2)cc1-c1ccc(S(=O)(=O)NCCC(C)(C)C)cc1.[HH]. The van der Waals surface area contributed by atoms with E-state index in [2.05, 4.69) is 30.8 Å². The second kappa shape index (κ2) is 9.75. The lowest BCUT2D eigenvalue weighted by Crippen LogP contribution is -2.27. The van der Waals surface area contributed by atoms with Gasteiger partial charge in [-0.15, -0.1) is 0 Å². The number of ether oxygens (including phenoxy) is 2. The van der Waals surface area contributed by atoms with Crippen LogP contribution in [0.15, 0.2) is 65.6 Å². The van der Waals surface area contributed by atoms with Gasteiger partial charge >= 0.3 is 0 Å². The number of hydrogen-bond acceptors (Lipinski definition) is 5. The molecule has 2 aliphatic rings. The summed E-state index contributed by atoms with van der Waals surface area (Å²) in [4.78, 5) is 13.6. The van der Waals surface area contributed by atoms with E-state index in [0.717, 1.165) is 41.5 Å². The van der Waals surface area contributed by atoms with Crippen LogP contribution in [0, 0.1) is 12.3 Å². The zero-order valence-corrected chi connectivity index (χ0v) is 23.1. The molecule has 1 aliphatic heterocycles. The molecule has 3 aromatic rings. The van der Waals surface area contributed by atoms with E-state index in [4.69, 9.17) is 9.47 Å². The predicted molar refractivity (Wildman–Crippen MR) is 150 cm³/mol. The van der Waals surface area contributed by atoms with Crippen LogP contribution in [-0.2, 0) is 20.2 Å². The zero-order chi connectivity index (χ0) is 27.1. The summed E-state index contributed by atoms with van der Waals surface area (Å²) in [6.45, 7) is 8.83. The highest BCUT2D eigenvalue weighted by Crippen LogP contribution is 2.51. The highest BCUT2D eigenvalue weighted by Gasteiger charge is 2.51. The van der Waals surface area contributed by atoms with E-state index in [-0.39, 0.29) is 24.4 Å². The number of carbonyl (C=O) groups excluding carboxylic acids is 1. The summed E-state index contributed by atoms with van der Waals surface area (Å²) < 4.78 is 39.0. The average Bonchev–Trinajstić information content (AvgIpc) is 3.55. The number of hydrogen-bond donors (Lipinski definition) is 2. The van der Waals surface area contributed by atoms with Crippen molar-refractivity contribution >= 4 is 21.6 Å². The summed E-state index contributed by atoms with van der Waals surface area (Å²) >= 11 is 0. The van der Waals surface area contributed by atoms with E-state index in [0.29, 0.717) is 23.7 Å². The van der Waals surface area contributed by atoms with E-state index < -0.39 is 15.4 Å². The summed E-state index contributed by atoms with van der Waals surface area (Å²) in [5, 5.41) is 3.10. The smallest absolute Gasteiger partial charge is 0.240 e. The molecule has 5 rings (SSSR count). The lowest BCUT2D eigenvalue weighted by atomic mass is 9.93. The van der Waals surface area contributed by atoms with Crippen molar-refractivity contribution in [2.75, 3.05) is 18.7 Å². The van der Waals surface area contributed by atoms with Crippen molar-refractivity contribution < 1.29 is 24.1 Å². The lowest BCUT2D eigenvalue weighted by molar-refractivity contribution is -0.118. The van der Waals surface area contributed by atoms with Gasteiger partial charge in [0.05, 0.1) is 10.3 Å². The Balaban J connectivity index is 0.00000353. The van der Waals surface area contributed by atoms with Gasteiger partial charge in [-0.2, -0.15) is 0 Å². The third-order valence-corrected chi connectivity index (χ3v) is 8.72. The van der Waals surface area contributed by atoms with Crippen molar-refractivity contribution in [1.29, 1.82) is 0 Å². The molecule has 1 saturated carbocycles. The molecule has 0 unspecified atom stereocenters. The first kappa shape index (κ1) is 26.3. The van der Waals surface area contributed by atoms with Crippen molar-refractivity contribution in [3.63, 3.8) is 0 Å². The van der Waals surface area contributed by atoms with E-state index in [1.165, 1.54) is 0 Å². The van der Waals surface area contributed by atoms with Crippen LogP contribution in [0.4, 0.5) is 5.69 Å². The molecular formula is C30H36N2O5S. The minimum atomic E-state index is -3.58. The summed E-state index contributed by atoms with van der Waals surface area (Å²) in [5.74, 6) is 1.33. The van der Waals surface area contributed by atoms with Crippen LogP contribution in [0.2, 0.25) is 0 Å². The van der Waals surface area contributed by atoms with E-state index in [1.54, 1.807) is 24.3 Å². The first-order valence-electron chi connectivity index (χ1n) is 12.9. The Bertz CT molecular complexity index is 1480. The minimum absolute atomic E-state index is 0. The fourth-order valence-corrected chi connectivity index (χ4v) is 5.72. The fraction of sp³-hybridized carbons (Fsp3) is 0.367. The molecule has 1 fully saturated rings. The van der Waals surface area contributed by atoms with Crippen LogP contribution in [0.3, 0.4) is 0 Å². The number of fused-ring (bicyclic) bond motifs is 1. The van der Waals surface area contributed by atoms with Crippen LogP contribution >= 0.6 is 0 Å². The lowest BCUT2D eigenvalue weighted by Gasteiger charge is -2.18. The number of sulfonamides is 1. The second-order valence-electron chi connectivity index (χ2n) is 11.4. The van der Waals surface area contributed by atoms with Gasteiger partial charge in [0.15, 0.2) is 11.5 Å². The number of nitrogens with one attached hydrogen (secondary N) is 2. The largest absolute Gasteiger partial charge is 0.454 e. The van der Waals surface area contributed by atoms with Crippen LogP contribution < -0.4 is 19.5 Å².